The number of hydrogen-bond acceptors (Lipinski definition) is 4. The van der Waals surface area contributed by atoms with Crippen LogP contribution in [-0.2, 0) is 4.79 Å². The van der Waals surface area contributed by atoms with Gasteiger partial charge in [0, 0.05) is 25.4 Å². The van der Waals surface area contributed by atoms with E-state index < -0.39 is 6.04 Å². The van der Waals surface area contributed by atoms with E-state index in [1.807, 2.05) is 0 Å². The second-order valence-electron chi connectivity index (χ2n) is 4.71. The van der Waals surface area contributed by atoms with Crippen molar-refractivity contribution < 1.29 is 9.59 Å². The molecule has 1 aliphatic rings. The van der Waals surface area contributed by atoms with Gasteiger partial charge in [-0.05, 0) is 25.0 Å². The van der Waals surface area contributed by atoms with E-state index in [1.54, 1.807) is 30.3 Å². The van der Waals surface area contributed by atoms with E-state index in [1.165, 1.54) is 0 Å². The molecule has 21 heavy (non-hydrogen) atoms. The highest BCUT2D eigenvalue weighted by atomic mass is 16.2. The smallest absolute Gasteiger partial charge is 0.273 e. The first-order valence-electron chi connectivity index (χ1n) is 6.85. The molecule has 1 fully saturated rings. The lowest BCUT2D eigenvalue weighted by Gasteiger charge is -2.22. The first-order valence-corrected chi connectivity index (χ1v) is 6.85. The van der Waals surface area contributed by atoms with Crippen LogP contribution in [-0.4, -0.2) is 47.9 Å². The monoisotopic (exact) mass is 286 g/mol. The highest BCUT2D eigenvalue weighted by Gasteiger charge is 2.34. The molecule has 1 unspecified atom stereocenters. The van der Waals surface area contributed by atoms with Crippen molar-refractivity contribution in [3.63, 3.8) is 0 Å². The van der Waals surface area contributed by atoms with Gasteiger partial charge in [-0.25, -0.2) is 4.98 Å². The van der Waals surface area contributed by atoms with Crippen molar-refractivity contribution in [1.82, 2.24) is 15.2 Å². The number of nitrogens with one attached hydrogen (secondary N) is 1. The Labute approximate surface area is 123 Å². The van der Waals surface area contributed by atoms with E-state index >= 15 is 0 Å². The molecule has 1 aliphatic heterocycles. The van der Waals surface area contributed by atoms with Crippen LogP contribution < -0.4 is 11.1 Å². The topological polar surface area (TPSA) is 88.3 Å². The van der Waals surface area contributed by atoms with Gasteiger partial charge in [0.25, 0.3) is 5.91 Å². The molecule has 1 saturated heterocycles. The van der Waals surface area contributed by atoms with Gasteiger partial charge in [-0.3, -0.25) is 9.59 Å². The summed E-state index contributed by atoms with van der Waals surface area (Å²) in [5, 5.41) is 2.59. The molecule has 110 valence electrons. The van der Waals surface area contributed by atoms with Crippen LogP contribution in [0.1, 0.15) is 28.9 Å². The molecule has 1 atom stereocenters. The number of carbonyl (C=O) groups excluding carboxylic acids is 2. The summed E-state index contributed by atoms with van der Waals surface area (Å²) in [6.45, 7) is 0.857. The molecular formula is C15H18N4O2. The Hall–Kier alpha value is -2.39. The Morgan fingerprint density at radius 2 is 2.33 bits per heavy atom. The van der Waals surface area contributed by atoms with E-state index in [4.69, 9.17) is 5.73 Å². The third-order valence-electron chi connectivity index (χ3n) is 3.38. The van der Waals surface area contributed by atoms with E-state index in [9.17, 15) is 9.59 Å². The third-order valence-corrected chi connectivity index (χ3v) is 3.38. The number of likely N-dealkylation sites (N-methyl/N-ethyl adjacent to an activating group) is 1. The maximum Gasteiger partial charge on any atom is 0.273 e. The Morgan fingerprint density at radius 3 is 2.95 bits per heavy atom. The number of aromatic nitrogens is 1. The van der Waals surface area contributed by atoms with Gasteiger partial charge in [0.2, 0.25) is 5.91 Å². The summed E-state index contributed by atoms with van der Waals surface area (Å²) in [5.41, 5.74) is 6.33. The number of rotatable bonds is 2. The number of amides is 2. The minimum Gasteiger partial charge on any atom is -0.357 e. The normalized spacial score (nSPS) is 17.0. The minimum absolute atomic E-state index is 0.133. The zero-order chi connectivity index (χ0) is 15.2. The Morgan fingerprint density at radius 1 is 1.52 bits per heavy atom. The zero-order valence-corrected chi connectivity index (χ0v) is 11.9. The fraction of sp³-hybridized carbons (Fsp3) is 0.400. The summed E-state index contributed by atoms with van der Waals surface area (Å²) >= 11 is 0. The molecular weight excluding hydrogens is 268 g/mol. The van der Waals surface area contributed by atoms with Gasteiger partial charge in [0.15, 0.2) is 0 Å². The number of likely N-dealkylation sites (tertiary alicyclic amines) is 1. The number of carbonyl (C=O) groups is 2. The summed E-state index contributed by atoms with van der Waals surface area (Å²) in [6, 6.07) is 2.96. The van der Waals surface area contributed by atoms with Crippen LogP contribution in [0.5, 0.6) is 0 Å². The van der Waals surface area contributed by atoms with Crippen LogP contribution in [0.25, 0.3) is 0 Å². The van der Waals surface area contributed by atoms with Crippen molar-refractivity contribution in [3.05, 3.63) is 29.6 Å². The molecule has 0 radical (unpaired) electrons. The van der Waals surface area contributed by atoms with Gasteiger partial charge in [-0.15, -0.1) is 0 Å². The fourth-order valence-corrected chi connectivity index (χ4v) is 2.34. The lowest BCUT2D eigenvalue weighted by Crippen LogP contribution is -2.45. The molecule has 0 aromatic carbocycles. The number of nitrogens with zero attached hydrogens (tertiary/aromatic N) is 2. The summed E-state index contributed by atoms with van der Waals surface area (Å²) in [4.78, 5) is 29.9. The first-order chi connectivity index (χ1) is 10.2. The fourth-order valence-electron chi connectivity index (χ4n) is 2.34. The van der Waals surface area contributed by atoms with Crippen LogP contribution in [0.3, 0.4) is 0 Å². The zero-order valence-electron chi connectivity index (χ0n) is 11.9. The lowest BCUT2D eigenvalue weighted by molar-refractivity contribution is -0.124. The van der Waals surface area contributed by atoms with Gasteiger partial charge >= 0.3 is 0 Å². The van der Waals surface area contributed by atoms with Crippen molar-refractivity contribution in [1.29, 1.82) is 0 Å². The predicted molar refractivity (Wildman–Crippen MR) is 78.3 cm³/mol. The molecule has 0 aliphatic carbocycles. The second-order valence-corrected chi connectivity index (χ2v) is 4.71. The molecule has 6 nitrogen and oxygen atoms in total. The second kappa shape index (κ2) is 6.86. The van der Waals surface area contributed by atoms with Gasteiger partial charge in [-0.2, -0.15) is 0 Å². The standard InChI is InChI=1S/C15H18N4O2/c1-17-14(20)13-5-3-9-19(13)15(21)12-7-6-11(10-18-12)4-2-8-16/h6-7,10,13H,3,5,8-9,16H2,1H3,(H,17,20). The van der Waals surface area contributed by atoms with Crippen molar-refractivity contribution in [2.24, 2.45) is 5.73 Å². The Bertz CT molecular complexity index is 586. The van der Waals surface area contributed by atoms with Crippen molar-refractivity contribution >= 4 is 11.8 Å². The molecule has 0 bridgehead atoms. The van der Waals surface area contributed by atoms with Crippen LogP contribution in [0.15, 0.2) is 18.3 Å². The van der Waals surface area contributed by atoms with Crippen molar-refractivity contribution in [2.45, 2.75) is 18.9 Å². The largest absolute Gasteiger partial charge is 0.357 e. The summed E-state index contributed by atoms with van der Waals surface area (Å²) in [7, 11) is 1.58. The molecule has 1 aromatic rings. The molecule has 1 aromatic heterocycles. The Balaban J connectivity index is 2.14. The quantitative estimate of drug-likeness (QED) is 0.733. The first kappa shape index (κ1) is 15.0. The maximum absolute atomic E-state index is 12.4. The van der Waals surface area contributed by atoms with Crippen LogP contribution in [0, 0.1) is 11.8 Å². The van der Waals surface area contributed by atoms with Gasteiger partial charge in [0.1, 0.15) is 11.7 Å². The molecule has 0 spiro atoms. The summed E-state index contributed by atoms with van der Waals surface area (Å²) in [6.07, 6.45) is 3.05. The van der Waals surface area contributed by atoms with E-state index in [-0.39, 0.29) is 18.4 Å². The van der Waals surface area contributed by atoms with Crippen LogP contribution in [0.2, 0.25) is 0 Å². The average Bonchev–Trinajstić information content (AvgIpc) is 3.01. The van der Waals surface area contributed by atoms with Gasteiger partial charge in [0.05, 0.1) is 6.54 Å². The van der Waals surface area contributed by atoms with Crippen molar-refractivity contribution in [3.8, 4) is 11.8 Å². The van der Waals surface area contributed by atoms with Gasteiger partial charge in [-0.1, -0.05) is 11.8 Å². The summed E-state index contributed by atoms with van der Waals surface area (Å²) in [5.74, 6) is 5.22. The maximum atomic E-state index is 12.4. The third kappa shape index (κ3) is 3.38. The van der Waals surface area contributed by atoms with Gasteiger partial charge < -0.3 is 16.0 Å². The van der Waals surface area contributed by atoms with E-state index in [0.717, 1.165) is 6.42 Å². The number of hydrogen-bond donors (Lipinski definition) is 2. The van der Waals surface area contributed by atoms with Crippen LogP contribution in [0.4, 0.5) is 0 Å². The predicted octanol–water partition coefficient (Wildman–Crippen LogP) is -0.258. The lowest BCUT2D eigenvalue weighted by atomic mass is 10.2. The molecule has 2 amide bonds. The van der Waals surface area contributed by atoms with E-state index in [2.05, 4.69) is 22.1 Å². The minimum atomic E-state index is -0.402. The Kier molecular flexibility index (Phi) is 4.90. The molecule has 2 rings (SSSR count). The number of nitrogens with two attached hydrogens (primary N) is 1. The summed E-state index contributed by atoms with van der Waals surface area (Å²) < 4.78 is 0. The molecule has 2 heterocycles. The highest BCUT2D eigenvalue weighted by molar-refractivity contribution is 5.96. The van der Waals surface area contributed by atoms with Crippen LogP contribution >= 0.6 is 0 Å². The van der Waals surface area contributed by atoms with Crippen molar-refractivity contribution in [2.75, 3.05) is 20.1 Å². The molecule has 0 saturated carbocycles. The molecule has 6 heteroatoms. The SMILES string of the molecule is CNC(=O)C1CCCN1C(=O)c1ccc(C#CCN)cn1. The highest BCUT2D eigenvalue weighted by Crippen LogP contribution is 2.19. The molecule has 3 N–H and O–H groups in total. The van der Waals surface area contributed by atoms with E-state index in [0.29, 0.717) is 24.2 Å². The number of pyridine rings is 1. The average molecular weight is 286 g/mol.